The first-order valence-corrected chi connectivity index (χ1v) is 11.8. The molecule has 1 fully saturated rings. The summed E-state index contributed by atoms with van der Waals surface area (Å²) in [4.78, 5) is 29.3. The number of nitrogens with one attached hydrogen (secondary N) is 1. The normalized spacial score (nSPS) is 20.4. The highest BCUT2D eigenvalue weighted by Gasteiger charge is 2.31. The molecule has 5 rings (SSSR count). The van der Waals surface area contributed by atoms with Gasteiger partial charge in [0.15, 0.2) is 0 Å². The minimum atomic E-state index is 0.117. The molecule has 1 aliphatic carbocycles. The van der Waals surface area contributed by atoms with Crippen LogP contribution in [0.1, 0.15) is 43.8 Å². The third-order valence-electron chi connectivity index (χ3n) is 6.46. The number of likely N-dealkylation sites (tertiary alicyclic amines) is 1. The molecular formula is C27H29N5O. The van der Waals surface area contributed by atoms with E-state index in [-0.39, 0.29) is 17.7 Å². The molecule has 0 spiro atoms. The van der Waals surface area contributed by atoms with Gasteiger partial charge in [-0.05, 0) is 56.4 Å². The van der Waals surface area contributed by atoms with Gasteiger partial charge in [0, 0.05) is 54.6 Å². The second-order valence-electron chi connectivity index (χ2n) is 8.83. The highest BCUT2D eigenvalue weighted by molar-refractivity contribution is 5.79. The van der Waals surface area contributed by atoms with Gasteiger partial charge in [0.05, 0.1) is 5.69 Å². The number of hydrogen-bond acceptors (Lipinski definition) is 5. The van der Waals surface area contributed by atoms with Crippen molar-refractivity contribution >= 4 is 17.4 Å². The molecule has 2 aromatic heterocycles. The summed E-state index contributed by atoms with van der Waals surface area (Å²) in [6.45, 7) is 1.51. The number of para-hydroxylation sites is 1. The molecule has 2 aliphatic rings. The smallest absolute Gasteiger partial charge is 0.226 e. The highest BCUT2D eigenvalue weighted by Crippen LogP contribution is 2.31. The van der Waals surface area contributed by atoms with Crippen LogP contribution in [-0.2, 0) is 4.79 Å². The molecule has 33 heavy (non-hydrogen) atoms. The lowest BCUT2D eigenvalue weighted by Gasteiger charge is -2.35. The van der Waals surface area contributed by atoms with Crippen LogP contribution in [0, 0.1) is 5.92 Å². The molecule has 0 saturated carbocycles. The molecule has 1 amide bonds. The average Bonchev–Trinajstić information content (AvgIpc) is 2.90. The number of pyridine rings is 1. The van der Waals surface area contributed by atoms with Crippen LogP contribution in [0.15, 0.2) is 73.1 Å². The van der Waals surface area contributed by atoms with Crippen molar-refractivity contribution in [3.8, 4) is 11.3 Å². The molecule has 3 heterocycles. The summed E-state index contributed by atoms with van der Waals surface area (Å²) in [5, 5.41) is 3.42. The van der Waals surface area contributed by atoms with Gasteiger partial charge in [0.25, 0.3) is 0 Å². The van der Waals surface area contributed by atoms with E-state index in [4.69, 9.17) is 9.97 Å². The van der Waals surface area contributed by atoms with E-state index in [2.05, 4.69) is 22.5 Å². The Balaban J connectivity index is 1.42. The summed E-state index contributed by atoms with van der Waals surface area (Å²) in [5.41, 5.74) is 2.77. The first-order valence-electron chi connectivity index (χ1n) is 11.8. The van der Waals surface area contributed by atoms with Gasteiger partial charge in [-0.15, -0.1) is 0 Å². The Kier molecular flexibility index (Phi) is 6.42. The second kappa shape index (κ2) is 9.94. The van der Waals surface area contributed by atoms with Gasteiger partial charge >= 0.3 is 0 Å². The van der Waals surface area contributed by atoms with E-state index in [1.807, 2.05) is 59.6 Å². The van der Waals surface area contributed by atoms with Crippen LogP contribution in [0.25, 0.3) is 11.3 Å². The van der Waals surface area contributed by atoms with E-state index >= 15 is 0 Å². The van der Waals surface area contributed by atoms with Crippen LogP contribution in [0.2, 0.25) is 0 Å². The van der Waals surface area contributed by atoms with Gasteiger partial charge in [0.1, 0.15) is 11.6 Å². The molecule has 0 bridgehead atoms. The number of benzene rings is 1. The van der Waals surface area contributed by atoms with Crippen molar-refractivity contribution in [3.63, 3.8) is 0 Å². The number of aromatic nitrogens is 3. The van der Waals surface area contributed by atoms with Gasteiger partial charge in [-0.1, -0.05) is 30.4 Å². The number of hydrogen-bond donors (Lipinski definition) is 1. The predicted molar refractivity (Wildman–Crippen MR) is 130 cm³/mol. The van der Waals surface area contributed by atoms with Crippen LogP contribution in [0.5, 0.6) is 0 Å². The van der Waals surface area contributed by atoms with Crippen molar-refractivity contribution in [1.29, 1.82) is 0 Å². The minimum absolute atomic E-state index is 0.117. The van der Waals surface area contributed by atoms with E-state index < -0.39 is 0 Å². The Bertz CT molecular complexity index is 1120. The Hall–Kier alpha value is -3.54. The quantitative estimate of drug-likeness (QED) is 0.543. The summed E-state index contributed by atoms with van der Waals surface area (Å²) in [6.07, 6.45) is 12.7. The van der Waals surface area contributed by atoms with Crippen LogP contribution < -0.4 is 5.32 Å². The maximum Gasteiger partial charge on any atom is 0.226 e. The number of nitrogens with zero attached hydrogens (tertiary/aromatic N) is 4. The van der Waals surface area contributed by atoms with Crippen LogP contribution >= 0.6 is 0 Å². The molecule has 1 aromatic carbocycles. The number of piperidine rings is 1. The fourth-order valence-electron chi connectivity index (χ4n) is 4.71. The molecule has 1 saturated heterocycles. The first-order chi connectivity index (χ1) is 16.3. The lowest BCUT2D eigenvalue weighted by Crippen LogP contribution is -2.42. The van der Waals surface area contributed by atoms with E-state index in [0.717, 1.165) is 67.2 Å². The standard InChI is InChI=1S/C27H29N5O/c33-27(20-9-3-1-4-10-20)32-16-8-12-22(19-32)26-30-24(21-11-7-15-28-18-21)17-25(31-26)29-23-13-5-2-6-14-23/h1-3,5-7,11,13-15,17-18,20,22H,4,8-10,12,16,19H2,(H,29,30,31). The highest BCUT2D eigenvalue weighted by atomic mass is 16.2. The number of amides is 1. The number of anilines is 2. The Morgan fingerprint density at radius 1 is 1.03 bits per heavy atom. The number of carbonyl (C=O) groups excluding carboxylic acids is 1. The Morgan fingerprint density at radius 3 is 2.73 bits per heavy atom. The molecule has 0 radical (unpaired) electrons. The number of allylic oxidation sites excluding steroid dienone is 2. The lowest BCUT2D eigenvalue weighted by molar-refractivity contribution is -0.137. The fourth-order valence-corrected chi connectivity index (χ4v) is 4.71. The van der Waals surface area contributed by atoms with E-state index in [9.17, 15) is 4.79 Å². The first kappa shape index (κ1) is 21.3. The third-order valence-corrected chi connectivity index (χ3v) is 6.46. The van der Waals surface area contributed by atoms with Gasteiger partial charge < -0.3 is 10.2 Å². The van der Waals surface area contributed by atoms with Crippen molar-refractivity contribution in [3.05, 3.63) is 78.9 Å². The number of carbonyl (C=O) groups is 1. The monoisotopic (exact) mass is 439 g/mol. The van der Waals surface area contributed by atoms with Crippen LogP contribution in [0.3, 0.4) is 0 Å². The summed E-state index contributed by atoms with van der Waals surface area (Å²) < 4.78 is 0. The van der Waals surface area contributed by atoms with Crippen molar-refractivity contribution in [2.45, 2.75) is 38.0 Å². The average molecular weight is 440 g/mol. The summed E-state index contributed by atoms with van der Waals surface area (Å²) in [5.74, 6) is 2.07. The maximum atomic E-state index is 13.2. The van der Waals surface area contributed by atoms with Gasteiger partial charge in [-0.25, -0.2) is 9.97 Å². The summed E-state index contributed by atoms with van der Waals surface area (Å²) >= 11 is 0. The van der Waals surface area contributed by atoms with E-state index in [0.29, 0.717) is 6.54 Å². The molecule has 2 unspecified atom stereocenters. The van der Waals surface area contributed by atoms with E-state index in [1.165, 1.54) is 0 Å². The largest absolute Gasteiger partial charge is 0.342 e. The molecule has 1 N–H and O–H groups in total. The van der Waals surface area contributed by atoms with Gasteiger partial charge in [-0.3, -0.25) is 9.78 Å². The number of rotatable bonds is 5. The zero-order valence-electron chi connectivity index (χ0n) is 18.7. The molecule has 6 nitrogen and oxygen atoms in total. The van der Waals surface area contributed by atoms with Gasteiger partial charge in [-0.2, -0.15) is 0 Å². The van der Waals surface area contributed by atoms with E-state index in [1.54, 1.807) is 6.20 Å². The zero-order chi connectivity index (χ0) is 22.5. The zero-order valence-corrected chi connectivity index (χ0v) is 18.7. The van der Waals surface area contributed by atoms with Crippen LogP contribution in [-0.4, -0.2) is 38.8 Å². The SMILES string of the molecule is O=C(C1CC=CCC1)N1CCCC(c2nc(Nc3ccccc3)cc(-c3cccnc3)n2)C1. The molecule has 6 heteroatoms. The summed E-state index contributed by atoms with van der Waals surface area (Å²) in [6, 6.07) is 15.9. The van der Waals surface area contributed by atoms with Gasteiger partial charge in [0.2, 0.25) is 5.91 Å². The molecule has 168 valence electrons. The Morgan fingerprint density at radius 2 is 1.94 bits per heavy atom. The van der Waals surface area contributed by atoms with Crippen LogP contribution in [0.4, 0.5) is 11.5 Å². The second-order valence-corrected chi connectivity index (χ2v) is 8.83. The third kappa shape index (κ3) is 5.11. The molecular weight excluding hydrogens is 410 g/mol. The Labute approximate surface area is 194 Å². The fraction of sp³-hybridized carbons (Fsp3) is 0.333. The lowest BCUT2D eigenvalue weighted by atomic mass is 9.90. The molecule has 1 aliphatic heterocycles. The van der Waals surface area contributed by atoms with Crippen molar-refractivity contribution in [2.24, 2.45) is 5.92 Å². The predicted octanol–water partition coefficient (Wildman–Crippen LogP) is 5.34. The summed E-state index contributed by atoms with van der Waals surface area (Å²) in [7, 11) is 0. The molecule has 3 aromatic rings. The maximum absolute atomic E-state index is 13.2. The van der Waals surface area contributed by atoms with Crippen molar-refractivity contribution in [2.75, 3.05) is 18.4 Å². The molecule has 2 atom stereocenters. The van der Waals surface area contributed by atoms with Crippen molar-refractivity contribution in [1.82, 2.24) is 19.9 Å². The topological polar surface area (TPSA) is 71.0 Å². The minimum Gasteiger partial charge on any atom is -0.342 e. The van der Waals surface area contributed by atoms with Crippen molar-refractivity contribution < 1.29 is 4.79 Å².